The molecule has 2 aliphatic heterocycles. The molecule has 0 fully saturated rings. The maximum Gasteiger partial charge on any atom is 0.252 e. The molecule has 6 heteroatoms. The molecule has 0 N–H and O–H groups in total. The van der Waals surface area contributed by atoms with Crippen LogP contribution >= 0.6 is 0 Å². The van der Waals surface area contributed by atoms with Crippen LogP contribution < -0.4 is 26.2 Å². The second-order valence-corrected chi connectivity index (χ2v) is 21.0. The van der Waals surface area contributed by atoms with Crippen molar-refractivity contribution in [1.82, 2.24) is 4.57 Å². The van der Waals surface area contributed by atoms with E-state index in [2.05, 4.69) is 12.1 Å². The standard InChI is InChI=1S/C78H48BN3O2/c1-5-19-49(20-6-1)53-37-41-72-60(43-53)76-68(31-17-33-74(76)83-72)81-66-39-35-55(51-23-9-3-10-24-51)45-62(66)79-63-46-56(52-25-11-4-12-26-52)36-40-67(63)82(69-32-18-34-75-77(69)61-44-54(38-42-73(61)84-75)50-21-7-2-8-22-50)71-48-57(47-70(81)78(71)79)80-64-29-15-13-27-58(64)59-28-14-16-30-65(59)80/h1-48H/i3D,4D,9D,10D,11D,12D,13D,14D,15D,16D,23D,24D,25D,26D,27D,28D,29D,30D. The highest BCUT2D eigenvalue weighted by atomic mass is 16.3. The molecule has 18 rings (SSSR count). The maximum absolute atomic E-state index is 9.85. The van der Waals surface area contributed by atoms with E-state index in [1.165, 1.54) is 4.57 Å². The molecule has 0 spiro atoms. The minimum Gasteiger partial charge on any atom is -0.456 e. The van der Waals surface area contributed by atoms with Gasteiger partial charge in [0.05, 0.1) is 63.5 Å². The normalized spacial score (nSPS) is 15.7. The molecule has 0 amide bonds. The largest absolute Gasteiger partial charge is 0.456 e. The van der Waals surface area contributed by atoms with Gasteiger partial charge in [-0.25, -0.2) is 0 Å². The van der Waals surface area contributed by atoms with Crippen LogP contribution in [-0.2, 0) is 0 Å². The molecule has 0 saturated carbocycles. The molecule has 16 aromatic rings. The summed E-state index contributed by atoms with van der Waals surface area (Å²) in [5, 5.41) is 2.41. The number of aromatic nitrogens is 1. The molecule has 0 atom stereocenters. The van der Waals surface area contributed by atoms with E-state index in [0.29, 0.717) is 94.4 Å². The lowest BCUT2D eigenvalue weighted by Crippen LogP contribution is -2.61. The number of furan rings is 2. The van der Waals surface area contributed by atoms with Gasteiger partial charge in [-0.05, 0) is 146 Å². The second-order valence-electron chi connectivity index (χ2n) is 21.0. The summed E-state index contributed by atoms with van der Waals surface area (Å²) in [6.45, 7) is -1.02. The van der Waals surface area contributed by atoms with Gasteiger partial charge in [0.15, 0.2) is 0 Å². The Bertz CT molecular complexity index is 6040. The zero-order valence-electron chi connectivity index (χ0n) is 62.1. The fourth-order valence-electron chi connectivity index (χ4n) is 13.0. The average Bonchev–Trinajstić information content (AvgIpc) is 1.11. The molecule has 0 radical (unpaired) electrons. The summed E-state index contributed by atoms with van der Waals surface area (Å²) in [5.41, 5.74) is 10.3. The Morgan fingerprint density at radius 3 is 1.20 bits per heavy atom. The highest BCUT2D eigenvalue weighted by molar-refractivity contribution is 7.00. The van der Waals surface area contributed by atoms with E-state index in [1.807, 2.05) is 143 Å². The van der Waals surface area contributed by atoms with Crippen molar-refractivity contribution in [2.75, 3.05) is 9.80 Å². The molecular weight excluding hydrogens is 1020 g/mol. The highest BCUT2D eigenvalue weighted by Gasteiger charge is 2.45. The zero-order valence-corrected chi connectivity index (χ0v) is 44.1. The molecule has 2 aliphatic rings. The van der Waals surface area contributed by atoms with E-state index in [1.54, 1.807) is 36.4 Å². The van der Waals surface area contributed by atoms with Crippen LogP contribution in [0.3, 0.4) is 0 Å². The zero-order chi connectivity index (χ0) is 70.6. The molecule has 0 saturated heterocycles. The molecule has 13 aromatic carbocycles. The van der Waals surface area contributed by atoms with E-state index in [-0.39, 0.29) is 49.7 Å². The molecule has 5 nitrogen and oxygen atoms in total. The minimum atomic E-state index is -1.02. The number of anilines is 6. The summed E-state index contributed by atoms with van der Waals surface area (Å²) in [5.74, 6) is 0. The summed E-state index contributed by atoms with van der Waals surface area (Å²) in [4.78, 5) is 4.04. The van der Waals surface area contributed by atoms with Gasteiger partial charge in [0, 0.05) is 44.3 Å². The van der Waals surface area contributed by atoms with Gasteiger partial charge in [-0.1, -0.05) is 206 Å². The number of fused-ring (bicyclic) bond motifs is 13. The number of benzene rings is 13. The van der Waals surface area contributed by atoms with Crippen molar-refractivity contribution in [2.24, 2.45) is 0 Å². The first-order valence-electron chi connectivity index (χ1n) is 36.4. The molecular formula is C78H48BN3O2. The van der Waals surface area contributed by atoms with Crippen molar-refractivity contribution in [3.63, 3.8) is 0 Å². The minimum absolute atomic E-state index is 0.0903. The van der Waals surface area contributed by atoms with E-state index in [0.717, 1.165) is 22.3 Å². The van der Waals surface area contributed by atoms with Crippen LogP contribution in [0.2, 0.25) is 0 Å². The first-order valence-corrected chi connectivity index (χ1v) is 27.4. The van der Waals surface area contributed by atoms with Crippen LogP contribution in [-0.4, -0.2) is 11.3 Å². The van der Waals surface area contributed by atoms with Gasteiger partial charge in [0.25, 0.3) is 6.71 Å². The van der Waals surface area contributed by atoms with E-state index in [9.17, 15) is 13.7 Å². The lowest BCUT2D eigenvalue weighted by molar-refractivity contribution is 0.668. The molecule has 84 heavy (non-hydrogen) atoms. The topological polar surface area (TPSA) is 37.7 Å². The fourth-order valence-corrected chi connectivity index (χ4v) is 13.0. The van der Waals surface area contributed by atoms with Crippen molar-refractivity contribution in [3.05, 3.63) is 291 Å². The average molecular weight is 1090 g/mol. The number of rotatable bonds is 7. The Hall–Kier alpha value is -11.1. The van der Waals surface area contributed by atoms with Crippen molar-refractivity contribution in [2.45, 2.75) is 0 Å². The lowest BCUT2D eigenvalue weighted by Gasteiger charge is -2.45. The maximum atomic E-state index is 9.85. The van der Waals surface area contributed by atoms with Gasteiger partial charge in [0.1, 0.15) is 22.3 Å². The Balaban J connectivity index is 1.06. The molecule has 0 aliphatic carbocycles. The van der Waals surface area contributed by atoms with E-state index < -0.39 is 115 Å². The lowest BCUT2D eigenvalue weighted by atomic mass is 9.33. The van der Waals surface area contributed by atoms with Gasteiger partial charge in [-0.3, -0.25) is 0 Å². The second kappa shape index (κ2) is 18.2. The summed E-state index contributed by atoms with van der Waals surface area (Å²) in [6, 6.07) is 47.3. The molecule has 5 heterocycles. The fraction of sp³-hybridized carbons (Fsp3) is 0. The van der Waals surface area contributed by atoms with Crippen LogP contribution in [0.15, 0.2) is 300 Å². The van der Waals surface area contributed by atoms with Crippen molar-refractivity contribution >= 4 is 123 Å². The summed E-state index contributed by atoms with van der Waals surface area (Å²) < 4.78 is 181. The Kier molecular flexibility index (Phi) is 7.02. The number of nitrogens with zero attached hydrogens (tertiary/aromatic N) is 3. The Labute approximate surface area is 510 Å². The van der Waals surface area contributed by atoms with Crippen LogP contribution in [0.1, 0.15) is 24.7 Å². The predicted molar refractivity (Wildman–Crippen MR) is 351 cm³/mol. The van der Waals surface area contributed by atoms with Crippen molar-refractivity contribution in [3.8, 4) is 50.2 Å². The van der Waals surface area contributed by atoms with Gasteiger partial charge in [0.2, 0.25) is 0 Å². The molecule has 390 valence electrons. The quantitative estimate of drug-likeness (QED) is 0.149. The Morgan fingerprint density at radius 1 is 0.298 bits per heavy atom. The summed E-state index contributed by atoms with van der Waals surface area (Å²) in [6.07, 6.45) is 0. The van der Waals surface area contributed by atoms with Gasteiger partial charge in [-0.15, -0.1) is 0 Å². The first-order chi connectivity index (χ1) is 49.1. The van der Waals surface area contributed by atoms with E-state index in [4.69, 9.17) is 19.8 Å². The molecule has 0 unspecified atom stereocenters. The summed E-state index contributed by atoms with van der Waals surface area (Å²) >= 11 is 0. The SMILES string of the molecule is [2H]c1c([2H])c([2H])c(-c2ccc3c(c2)B2c4cc(-c5c([2H])c([2H])c([2H])c([2H])c5[2H])ccc4N(c4cccc5oc6ccc(-c7ccccc7)cc6c45)c4cc(-n5c6c([2H])c([2H])c([2H])c([2H])c6c6c([2H])c([2H])c([2H])c([2H])c65)cc(c42)N3c2cccc3oc4ccc(-c5ccccc5)cc4c23)c([2H])c1[2H]. The smallest absolute Gasteiger partial charge is 0.252 e. The third-order valence-corrected chi connectivity index (χ3v) is 16.6. The van der Waals surface area contributed by atoms with E-state index >= 15 is 0 Å². The molecule has 0 bridgehead atoms. The van der Waals surface area contributed by atoms with Crippen molar-refractivity contribution in [1.29, 1.82) is 0 Å². The third-order valence-electron chi connectivity index (χ3n) is 16.6. The monoisotopic (exact) mass is 1090 g/mol. The van der Waals surface area contributed by atoms with Gasteiger partial charge in [-0.2, -0.15) is 0 Å². The number of hydrogen-bond acceptors (Lipinski definition) is 4. The van der Waals surface area contributed by atoms with Crippen LogP contribution in [0.4, 0.5) is 34.1 Å². The van der Waals surface area contributed by atoms with Gasteiger partial charge < -0.3 is 23.2 Å². The Morgan fingerprint density at radius 2 is 0.726 bits per heavy atom. The summed E-state index contributed by atoms with van der Waals surface area (Å²) in [7, 11) is 0. The number of hydrogen-bond donors (Lipinski definition) is 0. The van der Waals surface area contributed by atoms with Gasteiger partial charge >= 0.3 is 0 Å². The first kappa shape index (κ1) is 32.4. The van der Waals surface area contributed by atoms with Crippen LogP contribution in [0.25, 0.3) is 116 Å². The van der Waals surface area contributed by atoms with Crippen LogP contribution in [0.5, 0.6) is 0 Å². The van der Waals surface area contributed by atoms with Crippen LogP contribution in [0, 0.1) is 0 Å². The molecule has 3 aromatic heterocycles. The van der Waals surface area contributed by atoms with Crippen molar-refractivity contribution < 1.29 is 33.5 Å². The number of para-hydroxylation sites is 2. The highest BCUT2D eigenvalue weighted by Crippen LogP contribution is 2.52. The third kappa shape index (κ3) is 6.98. The predicted octanol–water partition coefficient (Wildman–Crippen LogP) is 19.3.